The normalized spacial score (nSPS) is 12.8. The summed E-state index contributed by atoms with van der Waals surface area (Å²) in [4.78, 5) is 36.2. The van der Waals surface area contributed by atoms with Crippen LogP contribution in [0.3, 0.4) is 0 Å². The van der Waals surface area contributed by atoms with Crippen molar-refractivity contribution in [2.24, 2.45) is 0 Å². The number of unbranched alkanes of at least 4 members (excludes halogenated alkanes) is 13. The monoisotopic (exact) mass is 590 g/mol. The van der Waals surface area contributed by atoms with E-state index in [0.717, 1.165) is 43.1 Å². The Labute approximate surface area is 259 Å². The van der Waals surface area contributed by atoms with Crippen molar-refractivity contribution >= 4 is 18.3 Å². The fourth-order valence-corrected chi connectivity index (χ4v) is 6.07. The van der Waals surface area contributed by atoms with Gasteiger partial charge in [0.25, 0.3) is 0 Å². The van der Waals surface area contributed by atoms with Gasteiger partial charge in [-0.2, -0.15) is 0 Å². The van der Waals surface area contributed by atoms with Crippen molar-refractivity contribution in [2.75, 3.05) is 13.2 Å². The summed E-state index contributed by atoms with van der Waals surface area (Å²) in [6.07, 6.45) is 19.6. The second-order valence-electron chi connectivity index (χ2n) is 12.1. The number of rotatable bonds is 23. The topological polar surface area (TPSA) is 84.5 Å². The first-order chi connectivity index (χ1) is 21.1. The standard InChI is InChI=1S/C37H54N2O4/c1-2-3-4-5-6-7-8-9-10-11-12-13-14-26-36(41)38-27-20-19-21-30(28-40)39-37(42)43-29-35-33-24-17-15-22-31(33)32-23-16-18-25-34(32)35/h15-18,22-25,28,30,35H,2-14,19-21,26-27,29H2,1H3,(H,38,41)(H,39,42). The first-order valence-electron chi connectivity index (χ1n) is 17.0. The molecule has 2 aromatic carbocycles. The zero-order valence-electron chi connectivity index (χ0n) is 26.4. The number of hydrogen-bond donors (Lipinski definition) is 2. The maximum Gasteiger partial charge on any atom is 0.407 e. The van der Waals surface area contributed by atoms with Crippen molar-refractivity contribution < 1.29 is 19.1 Å². The summed E-state index contributed by atoms with van der Waals surface area (Å²) < 4.78 is 5.56. The summed E-state index contributed by atoms with van der Waals surface area (Å²) in [5, 5.41) is 5.68. The molecule has 1 aliphatic rings. The number of ether oxygens (including phenoxy) is 1. The highest BCUT2D eigenvalue weighted by Crippen LogP contribution is 2.44. The number of carbonyl (C=O) groups is 3. The van der Waals surface area contributed by atoms with Crippen molar-refractivity contribution in [3.8, 4) is 11.1 Å². The molecule has 1 unspecified atom stereocenters. The summed E-state index contributed by atoms with van der Waals surface area (Å²) in [5.74, 6) is 0.0860. The van der Waals surface area contributed by atoms with E-state index in [1.54, 1.807) is 0 Å². The summed E-state index contributed by atoms with van der Waals surface area (Å²) >= 11 is 0. The van der Waals surface area contributed by atoms with E-state index >= 15 is 0 Å². The minimum Gasteiger partial charge on any atom is -0.449 e. The van der Waals surface area contributed by atoms with E-state index in [0.29, 0.717) is 19.4 Å². The van der Waals surface area contributed by atoms with E-state index in [-0.39, 0.29) is 18.4 Å². The van der Waals surface area contributed by atoms with Gasteiger partial charge in [-0.15, -0.1) is 0 Å². The highest BCUT2D eigenvalue weighted by atomic mass is 16.5. The van der Waals surface area contributed by atoms with Gasteiger partial charge in [-0.25, -0.2) is 4.79 Å². The van der Waals surface area contributed by atoms with Crippen LogP contribution in [0.25, 0.3) is 11.1 Å². The van der Waals surface area contributed by atoms with Gasteiger partial charge in [-0.05, 0) is 47.9 Å². The Kier molecular flexibility index (Phi) is 16.5. The van der Waals surface area contributed by atoms with Crippen LogP contribution in [0.2, 0.25) is 0 Å². The van der Waals surface area contributed by atoms with Crippen LogP contribution in [0, 0.1) is 0 Å². The Morgan fingerprint density at radius 3 is 1.84 bits per heavy atom. The number of hydrogen-bond acceptors (Lipinski definition) is 4. The van der Waals surface area contributed by atoms with E-state index in [1.807, 2.05) is 24.3 Å². The fraction of sp³-hybridized carbons (Fsp3) is 0.595. The molecule has 0 aliphatic heterocycles. The third kappa shape index (κ3) is 12.5. The van der Waals surface area contributed by atoms with Gasteiger partial charge in [-0.3, -0.25) is 4.79 Å². The van der Waals surface area contributed by atoms with Gasteiger partial charge in [0.05, 0.1) is 6.04 Å². The molecule has 6 heteroatoms. The lowest BCUT2D eigenvalue weighted by Gasteiger charge is -2.16. The van der Waals surface area contributed by atoms with Crippen LogP contribution < -0.4 is 10.6 Å². The van der Waals surface area contributed by atoms with Crippen molar-refractivity contribution in [3.63, 3.8) is 0 Å². The molecular formula is C37H54N2O4. The molecule has 6 nitrogen and oxygen atoms in total. The molecule has 0 saturated heterocycles. The first-order valence-corrected chi connectivity index (χ1v) is 17.0. The van der Waals surface area contributed by atoms with Crippen LogP contribution in [0.15, 0.2) is 48.5 Å². The number of nitrogens with one attached hydrogen (secondary N) is 2. The van der Waals surface area contributed by atoms with Crippen LogP contribution >= 0.6 is 0 Å². The highest BCUT2D eigenvalue weighted by molar-refractivity contribution is 5.79. The molecule has 236 valence electrons. The molecule has 2 N–H and O–H groups in total. The lowest BCUT2D eigenvalue weighted by Crippen LogP contribution is -2.37. The van der Waals surface area contributed by atoms with E-state index in [9.17, 15) is 14.4 Å². The quantitative estimate of drug-likeness (QED) is 0.1000. The van der Waals surface area contributed by atoms with E-state index < -0.39 is 12.1 Å². The lowest BCUT2D eigenvalue weighted by molar-refractivity contribution is -0.121. The third-order valence-corrected chi connectivity index (χ3v) is 8.58. The van der Waals surface area contributed by atoms with Crippen LogP contribution in [-0.2, 0) is 14.3 Å². The number of benzene rings is 2. The number of alkyl carbamates (subject to hydrolysis) is 1. The van der Waals surface area contributed by atoms with Crippen LogP contribution in [0.4, 0.5) is 4.79 Å². The SMILES string of the molecule is CCCCCCCCCCCCCCCC(=O)NCCCCC(C=O)NC(=O)OCC1c2ccccc2-c2ccccc21. The largest absolute Gasteiger partial charge is 0.449 e. The second-order valence-corrected chi connectivity index (χ2v) is 12.1. The first kappa shape index (κ1) is 34.3. The van der Waals surface area contributed by atoms with Crippen LogP contribution in [0.5, 0.6) is 0 Å². The molecule has 0 radical (unpaired) electrons. The predicted molar refractivity (Wildman–Crippen MR) is 175 cm³/mol. The van der Waals surface area contributed by atoms with Gasteiger partial charge in [-0.1, -0.05) is 133 Å². The Bertz CT molecular complexity index is 1060. The molecule has 0 heterocycles. The smallest absolute Gasteiger partial charge is 0.407 e. The van der Waals surface area contributed by atoms with Crippen molar-refractivity contribution in [1.82, 2.24) is 10.6 Å². The Morgan fingerprint density at radius 1 is 0.744 bits per heavy atom. The summed E-state index contributed by atoms with van der Waals surface area (Å²) in [6, 6.07) is 15.8. The molecule has 0 spiro atoms. The minimum absolute atomic E-state index is 0.0174. The molecule has 43 heavy (non-hydrogen) atoms. The number of aldehydes is 1. The molecule has 0 aromatic heterocycles. The Hall–Kier alpha value is -3.15. The summed E-state index contributed by atoms with van der Waals surface area (Å²) in [7, 11) is 0. The zero-order valence-corrected chi connectivity index (χ0v) is 26.4. The molecule has 2 aromatic rings. The average molecular weight is 591 g/mol. The molecular weight excluding hydrogens is 536 g/mol. The number of amides is 2. The van der Waals surface area contributed by atoms with Gasteiger partial charge in [0.1, 0.15) is 12.9 Å². The molecule has 0 fully saturated rings. The van der Waals surface area contributed by atoms with Crippen LogP contribution in [0.1, 0.15) is 133 Å². The van der Waals surface area contributed by atoms with E-state index in [2.05, 4.69) is 41.8 Å². The van der Waals surface area contributed by atoms with Gasteiger partial charge < -0.3 is 20.2 Å². The third-order valence-electron chi connectivity index (χ3n) is 8.58. The lowest BCUT2D eigenvalue weighted by atomic mass is 9.98. The Morgan fingerprint density at radius 2 is 1.28 bits per heavy atom. The van der Waals surface area contributed by atoms with Crippen molar-refractivity contribution in [1.29, 1.82) is 0 Å². The average Bonchev–Trinajstić information content (AvgIpc) is 3.35. The predicted octanol–water partition coefficient (Wildman–Crippen LogP) is 8.86. The highest BCUT2D eigenvalue weighted by Gasteiger charge is 2.29. The molecule has 0 saturated carbocycles. The van der Waals surface area contributed by atoms with E-state index in [1.165, 1.54) is 81.8 Å². The van der Waals surface area contributed by atoms with Crippen LogP contribution in [-0.4, -0.2) is 37.5 Å². The second kappa shape index (κ2) is 20.7. The summed E-state index contributed by atoms with van der Waals surface area (Å²) in [6.45, 7) is 3.07. The van der Waals surface area contributed by atoms with Gasteiger partial charge in [0, 0.05) is 18.9 Å². The number of fused-ring (bicyclic) bond motifs is 3. The van der Waals surface area contributed by atoms with Gasteiger partial charge >= 0.3 is 6.09 Å². The molecule has 3 rings (SSSR count). The number of carbonyl (C=O) groups excluding carboxylic acids is 3. The maximum atomic E-state index is 12.5. The molecule has 1 aliphatic carbocycles. The Balaban J connectivity index is 1.17. The van der Waals surface area contributed by atoms with Crippen molar-refractivity contribution in [2.45, 2.75) is 128 Å². The zero-order chi connectivity index (χ0) is 30.5. The maximum absolute atomic E-state index is 12.5. The van der Waals surface area contributed by atoms with E-state index in [4.69, 9.17) is 4.74 Å². The van der Waals surface area contributed by atoms with Crippen molar-refractivity contribution in [3.05, 3.63) is 59.7 Å². The minimum atomic E-state index is -0.600. The molecule has 1 atom stereocenters. The molecule has 0 bridgehead atoms. The fourth-order valence-electron chi connectivity index (χ4n) is 6.07. The summed E-state index contributed by atoms with van der Waals surface area (Å²) in [5.41, 5.74) is 4.66. The van der Waals surface area contributed by atoms with Gasteiger partial charge in [0.2, 0.25) is 5.91 Å². The molecule has 2 amide bonds. The van der Waals surface area contributed by atoms with Gasteiger partial charge in [0.15, 0.2) is 0 Å².